The average Bonchev–Trinajstić information content (AvgIpc) is 2.34. The van der Waals surface area contributed by atoms with Crippen LogP contribution in [0.25, 0.3) is 0 Å². The minimum absolute atomic E-state index is 0.166. The van der Waals surface area contributed by atoms with E-state index in [2.05, 4.69) is 61.2 Å². The molecule has 0 amide bonds. The maximum absolute atomic E-state index is 5.91. The van der Waals surface area contributed by atoms with Crippen LogP contribution in [0, 0.1) is 0 Å². The number of hydrogen-bond donors (Lipinski definition) is 2. The number of hydrogen-bond acceptors (Lipinski definition) is 3. The first-order valence-electron chi connectivity index (χ1n) is 5.49. The van der Waals surface area contributed by atoms with Crippen LogP contribution in [0.2, 0.25) is 0 Å². The molecule has 0 radical (unpaired) electrons. The Bertz CT molecular complexity index is 520. The predicted octanol–water partition coefficient (Wildman–Crippen LogP) is 4.36. The fourth-order valence-corrected chi connectivity index (χ4v) is 2.38. The highest BCUT2D eigenvalue weighted by Gasteiger charge is 2.10. The molecule has 0 saturated heterocycles. The topological polar surface area (TPSA) is 50.9 Å². The first-order valence-corrected chi connectivity index (χ1v) is 7.07. The Morgan fingerprint density at radius 1 is 1.17 bits per heavy atom. The van der Waals surface area contributed by atoms with E-state index in [0.717, 1.165) is 14.6 Å². The normalized spacial score (nSPS) is 12.2. The van der Waals surface area contributed by atoms with E-state index in [9.17, 15) is 0 Å². The Morgan fingerprint density at radius 3 is 2.44 bits per heavy atom. The number of anilines is 2. The van der Waals surface area contributed by atoms with Gasteiger partial charge in [-0.3, -0.25) is 4.98 Å². The zero-order valence-electron chi connectivity index (χ0n) is 9.82. The van der Waals surface area contributed by atoms with Gasteiger partial charge < -0.3 is 11.1 Å². The highest BCUT2D eigenvalue weighted by atomic mass is 79.9. The highest BCUT2D eigenvalue weighted by Crippen LogP contribution is 2.30. The van der Waals surface area contributed by atoms with Crippen molar-refractivity contribution in [1.29, 1.82) is 0 Å². The summed E-state index contributed by atoms with van der Waals surface area (Å²) in [6, 6.07) is 8.37. The molecular formula is C13H13Br2N3. The number of nitrogen functional groups attached to an aromatic ring is 1. The van der Waals surface area contributed by atoms with Crippen LogP contribution in [0.5, 0.6) is 0 Å². The lowest BCUT2D eigenvalue weighted by atomic mass is 10.1. The lowest BCUT2D eigenvalue weighted by Crippen LogP contribution is -2.09. The zero-order chi connectivity index (χ0) is 13.1. The van der Waals surface area contributed by atoms with Crippen molar-refractivity contribution in [1.82, 2.24) is 4.98 Å². The van der Waals surface area contributed by atoms with Crippen molar-refractivity contribution in [3.05, 3.63) is 51.2 Å². The molecule has 0 spiro atoms. The lowest BCUT2D eigenvalue weighted by molar-refractivity contribution is 0.883. The third-order valence-corrected chi connectivity index (χ3v) is 3.79. The number of nitrogens with one attached hydrogen (secondary N) is 1. The molecule has 0 fully saturated rings. The molecule has 5 heteroatoms. The molecule has 0 aliphatic rings. The van der Waals surface area contributed by atoms with E-state index in [1.807, 2.05) is 12.1 Å². The molecule has 3 N–H and O–H groups in total. The van der Waals surface area contributed by atoms with E-state index < -0.39 is 0 Å². The molecule has 0 aliphatic heterocycles. The Labute approximate surface area is 123 Å². The summed E-state index contributed by atoms with van der Waals surface area (Å²) in [5.41, 5.74) is 8.61. The molecule has 18 heavy (non-hydrogen) atoms. The Hall–Kier alpha value is -1.07. The van der Waals surface area contributed by atoms with Gasteiger partial charge in [-0.2, -0.15) is 0 Å². The maximum atomic E-state index is 5.91. The van der Waals surface area contributed by atoms with E-state index in [0.29, 0.717) is 5.69 Å². The third kappa shape index (κ3) is 3.03. The van der Waals surface area contributed by atoms with Gasteiger partial charge in [-0.25, -0.2) is 0 Å². The van der Waals surface area contributed by atoms with Crippen molar-refractivity contribution in [2.24, 2.45) is 0 Å². The predicted molar refractivity (Wildman–Crippen MR) is 82.5 cm³/mol. The Balaban J connectivity index is 2.21. The van der Waals surface area contributed by atoms with E-state index in [1.165, 1.54) is 5.56 Å². The summed E-state index contributed by atoms with van der Waals surface area (Å²) in [5.74, 6) is 0. The molecule has 1 atom stereocenters. The van der Waals surface area contributed by atoms with Crippen molar-refractivity contribution >= 4 is 43.2 Å². The van der Waals surface area contributed by atoms with Crippen molar-refractivity contribution in [2.45, 2.75) is 13.0 Å². The number of pyridine rings is 1. The van der Waals surface area contributed by atoms with Gasteiger partial charge in [0.25, 0.3) is 0 Å². The summed E-state index contributed by atoms with van der Waals surface area (Å²) in [6.45, 7) is 2.09. The molecule has 1 aromatic heterocycles. The number of rotatable bonds is 3. The van der Waals surface area contributed by atoms with Crippen molar-refractivity contribution in [2.75, 3.05) is 11.1 Å². The summed E-state index contributed by atoms with van der Waals surface area (Å²) in [7, 11) is 0. The highest BCUT2D eigenvalue weighted by molar-refractivity contribution is 9.10. The quantitative estimate of drug-likeness (QED) is 0.843. The van der Waals surface area contributed by atoms with Gasteiger partial charge in [-0.15, -0.1) is 0 Å². The molecule has 2 rings (SSSR count). The summed E-state index contributed by atoms with van der Waals surface area (Å²) < 4.78 is 1.94. The SMILES string of the molecule is CC(Nc1c(N)cncc1Br)c1ccc(Br)cc1. The van der Waals surface area contributed by atoms with Gasteiger partial charge in [0.1, 0.15) is 0 Å². The summed E-state index contributed by atoms with van der Waals surface area (Å²) in [5, 5.41) is 3.39. The van der Waals surface area contributed by atoms with Gasteiger partial charge in [0.05, 0.1) is 22.0 Å². The lowest BCUT2D eigenvalue weighted by Gasteiger charge is -2.18. The van der Waals surface area contributed by atoms with Gasteiger partial charge in [0.2, 0.25) is 0 Å². The molecule has 2 aromatic rings. The van der Waals surface area contributed by atoms with E-state index in [1.54, 1.807) is 12.4 Å². The largest absolute Gasteiger partial charge is 0.396 e. The van der Waals surface area contributed by atoms with Crippen LogP contribution in [0.15, 0.2) is 45.6 Å². The number of aromatic nitrogens is 1. The third-order valence-electron chi connectivity index (χ3n) is 2.66. The Morgan fingerprint density at radius 2 is 1.83 bits per heavy atom. The van der Waals surface area contributed by atoms with Crippen LogP contribution in [-0.2, 0) is 0 Å². The van der Waals surface area contributed by atoms with Crippen LogP contribution in [0.3, 0.4) is 0 Å². The number of nitrogens with zero attached hydrogens (tertiary/aromatic N) is 1. The average molecular weight is 371 g/mol. The van der Waals surface area contributed by atoms with Gasteiger partial charge in [-0.05, 0) is 40.5 Å². The summed E-state index contributed by atoms with van der Waals surface area (Å²) in [4.78, 5) is 4.02. The minimum atomic E-state index is 0.166. The van der Waals surface area contributed by atoms with Crippen LogP contribution in [-0.4, -0.2) is 4.98 Å². The van der Waals surface area contributed by atoms with Crippen molar-refractivity contribution in [3.8, 4) is 0 Å². The molecule has 1 unspecified atom stereocenters. The van der Waals surface area contributed by atoms with E-state index >= 15 is 0 Å². The van der Waals surface area contributed by atoms with E-state index in [-0.39, 0.29) is 6.04 Å². The van der Waals surface area contributed by atoms with Crippen LogP contribution >= 0.6 is 31.9 Å². The Kier molecular flexibility index (Phi) is 4.24. The number of benzene rings is 1. The molecule has 94 valence electrons. The first-order chi connectivity index (χ1) is 8.58. The van der Waals surface area contributed by atoms with Crippen LogP contribution in [0.1, 0.15) is 18.5 Å². The standard InChI is InChI=1S/C13H13Br2N3/c1-8(9-2-4-10(14)5-3-9)18-13-11(15)6-17-7-12(13)16/h2-8H,16H2,1H3,(H,17,18). The van der Waals surface area contributed by atoms with Crippen LogP contribution < -0.4 is 11.1 Å². The molecule has 1 heterocycles. The van der Waals surface area contributed by atoms with Gasteiger partial charge >= 0.3 is 0 Å². The van der Waals surface area contributed by atoms with E-state index in [4.69, 9.17) is 5.73 Å². The molecule has 0 bridgehead atoms. The summed E-state index contributed by atoms with van der Waals surface area (Å²) >= 11 is 6.88. The second-order valence-corrected chi connectivity index (χ2v) is 5.77. The minimum Gasteiger partial charge on any atom is -0.396 e. The second-order valence-electron chi connectivity index (χ2n) is 4.00. The molecule has 0 saturated carbocycles. The molecule has 1 aromatic carbocycles. The van der Waals surface area contributed by atoms with Gasteiger partial charge in [0.15, 0.2) is 0 Å². The second kappa shape index (κ2) is 5.71. The fourth-order valence-electron chi connectivity index (χ4n) is 1.65. The van der Waals surface area contributed by atoms with Crippen molar-refractivity contribution < 1.29 is 0 Å². The molecule has 3 nitrogen and oxygen atoms in total. The molecular weight excluding hydrogens is 358 g/mol. The van der Waals surface area contributed by atoms with Gasteiger partial charge in [-0.1, -0.05) is 28.1 Å². The number of nitrogens with two attached hydrogens (primary N) is 1. The fraction of sp³-hybridized carbons (Fsp3) is 0.154. The van der Waals surface area contributed by atoms with Gasteiger partial charge in [0, 0.05) is 16.7 Å². The van der Waals surface area contributed by atoms with Crippen LogP contribution in [0.4, 0.5) is 11.4 Å². The number of halogens is 2. The smallest absolute Gasteiger partial charge is 0.0754 e. The first kappa shape index (κ1) is 13.4. The monoisotopic (exact) mass is 369 g/mol. The molecule has 0 aliphatic carbocycles. The summed E-state index contributed by atoms with van der Waals surface area (Å²) in [6.07, 6.45) is 3.37. The van der Waals surface area contributed by atoms with Crippen molar-refractivity contribution in [3.63, 3.8) is 0 Å². The maximum Gasteiger partial charge on any atom is 0.0754 e. The zero-order valence-corrected chi connectivity index (χ0v) is 13.0.